The molecule has 0 radical (unpaired) electrons. The molecule has 2 heterocycles. The van der Waals surface area contributed by atoms with E-state index in [4.69, 9.17) is 9.47 Å². The van der Waals surface area contributed by atoms with Gasteiger partial charge in [0.2, 0.25) is 0 Å². The van der Waals surface area contributed by atoms with E-state index in [1.165, 1.54) is 30.5 Å². The van der Waals surface area contributed by atoms with Crippen LogP contribution in [0.15, 0.2) is 42.5 Å². The number of carbonyl (C=O) groups is 1. The lowest BCUT2D eigenvalue weighted by atomic mass is 10.0. The maximum absolute atomic E-state index is 12.5. The molecule has 4 rings (SSSR count). The maximum atomic E-state index is 12.5. The molecule has 0 amide bonds. The van der Waals surface area contributed by atoms with E-state index >= 15 is 0 Å². The Labute approximate surface area is 192 Å². The number of unbranched alkanes of at least 4 members (excludes halogenated alkanes) is 2. The molecule has 1 saturated heterocycles. The number of ether oxygens (including phenoxy) is 2. The van der Waals surface area contributed by atoms with Crippen molar-refractivity contribution in [3.63, 3.8) is 0 Å². The summed E-state index contributed by atoms with van der Waals surface area (Å²) in [7, 11) is 0. The zero-order valence-corrected chi connectivity index (χ0v) is 19.4. The van der Waals surface area contributed by atoms with Gasteiger partial charge in [-0.05, 0) is 68.1 Å². The molecule has 2 aliphatic rings. The van der Waals surface area contributed by atoms with Gasteiger partial charge in [0.05, 0.1) is 0 Å². The number of anilines is 1. The molecule has 0 N–H and O–H groups in total. The molecule has 2 aliphatic heterocycles. The zero-order chi connectivity index (χ0) is 22.2. The summed E-state index contributed by atoms with van der Waals surface area (Å²) in [6.07, 6.45) is 6.26. The van der Waals surface area contributed by atoms with Gasteiger partial charge >= 0.3 is 0 Å². The summed E-state index contributed by atoms with van der Waals surface area (Å²) >= 11 is 0. The number of aryl methyl sites for hydroxylation is 1. The Bertz CT molecular complexity index is 873. The van der Waals surface area contributed by atoms with Crippen LogP contribution < -0.4 is 14.4 Å². The lowest BCUT2D eigenvalue weighted by Crippen LogP contribution is -2.46. The van der Waals surface area contributed by atoms with E-state index in [2.05, 4.69) is 41.0 Å². The highest BCUT2D eigenvalue weighted by atomic mass is 16.6. The smallest absolute Gasteiger partial charge is 0.163 e. The normalized spacial score (nSPS) is 16.2. The molecule has 172 valence electrons. The lowest BCUT2D eigenvalue weighted by molar-refractivity contribution is 0.0976. The molecule has 0 bridgehead atoms. The molecule has 2 aromatic rings. The Hall–Kier alpha value is -2.53. The fourth-order valence-electron chi connectivity index (χ4n) is 4.47. The molecule has 0 spiro atoms. The Kier molecular flexibility index (Phi) is 8.05. The predicted molar refractivity (Wildman–Crippen MR) is 129 cm³/mol. The van der Waals surface area contributed by atoms with Crippen LogP contribution >= 0.6 is 0 Å². The Morgan fingerprint density at radius 2 is 1.62 bits per heavy atom. The molecule has 32 heavy (non-hydrogen) atoms. The number of ketones is 1. The molecule has 0 atom stereocenters. The number of rotatable bonds is 10. The first-order chi connectivity index (χ1) is 15.7. The molecule has 0 aliphatic carbocycles. The topological polar surface area (TPSA) is 42.0 Å². The van der Waals surface area contributed by atoms with Crippen LogP contribution in [-0.2, 0) is 6.42 Å². The monoisotopic (exact) mass is 436 g/mol. The van der Waals surface area contributed by atoms with Crippen molar-refractivity contribution in [3.8, 4) is 11.5 Å². The van der Waals surface area contributed by atoms with Gasteiger partial charge in [0.25, 0.3) is 0 Å². The predicted octanol–water partition coefficient (Wildman–Crippen LogP) is 4.98. The lowest BCUT2D eigenvalue weighted by Gasteiger charge is -2.36. The first kappa shape index (κ1) is 22.7. The van der Waals surface area contributed by atoms with E-state index in [0.29, 0.717) is 25.4 Å². The second-order valence-corrected chi connectivity index (χ2v) is 8.84. The fourth-order valence-corrected chi connectivity index (χ4v) is 4.47. The number of Topliss-reactive ketones (excluding diaryl/α,β-unsaturated/α-hetero) is 1. The average molecular weight is 437 g/mol. The van der Waals surface area contributed by atoms with Crippen LogP contribution in [0.4, 0.5) is 5.69 Å². The summed E-state index contributed by atoms with van der Waals surface area (Å²) in [4.78, 5) is 17.6. The highest BCUT2D eigenvalue weighted by Gasteiger charge is 2.18. The van der Waals surface area contributed by atoms with Crippen LogP contribution in [0.5, 0.6) is 11.5 Å². The molecule has 5 nitrogen and oxygen atoms in total. The molecular weight excluding hydrogens is 400 g/mol. The zero-order valence-electron chi connectivity index (χ0n) is 19.4. The van der Waals surface area contributed by atoms with Gasteiger partial charge in [-0.25, -0.2) is 0 Å². The summed E-state index contributed by atoms with van der Waals surface area (Å²) in [5.74, 6) is 1.61. The van der Waals surface area contributed by atoms with Gasteiger partial charge in [0, 0.05) is 43.9 Å². The third-order valence-electron chi connectivity index (χ3n) is 6.49. The van der Waals surface area contributed by atoms with Crippen molar-refractivity contribution < 1.29 is 14.3 Å². The van der Waals surface area contributed by atoms with Gasteiger partial charge in [-0.1, -0.05) is 25.5 Å². The minimum atomic E-state index is 0.189. The number of nitrogens with zero attached hydrogens (tertiary/aromatic N) is 2. The molecule has 2 aromatic carbocycles. The van der Waals surface area contributed by atoms with Crippen LogP contribution in [-0.4, -0.2) is 56.6 Å². The van der Waals surface area contributed by atoms with E-state index in [0.717, 1.165) is 56.9 Å². The van der Waals surface area contributed by atoms with Crippen LogP contribution in [0, 0.1) is 0 Å². The van der Waals surface area contributed by atoms with Crippen molar-refractivity contribution in [2.24, 2.45) is 0 Å². The van der Waals surface area contributed by atoms with E-state index < -0.39 is 0 Å². The first-order valence-electron chi connectivity index (χ1n) is 12.2. The number of hydrogen-bond acceptors (Lipinski definition) is 5. The van der Waals surface area contributed by atoms with Gasteiger partial charge in [-0.15, -0.1) is 0 Å². The highest BCUT2D eigenvalue weighted by Crippen LogP contribution is 2.31. The summed E-state index contributed by atoms with van der Waals surface area (Å²) in [5.41, 5.74) is 3.51. The second kappa shape index (κ2) is 11.4. The van der Waals surface area contributed by atoms with Crippen LogP contribution in [0.25, 0.3) is 0 Å². The van der Waals surface area contributed by atoms with Gasteiger partial charge in [0.1, 0.15) is 13.2 Å². The SMILES string of the molecule is CCCCc1ccc(N2CCN(CCCCC(=O)c3ccc4c(c3)OCCO4)CC2)cc1. The third kappa shape index (κ3) is 6.04. The number of carbonyl (C=O) groups excluding carboxylic acids is 1. The first-order valence-corrected chi connectivity index (χ1v) is 12.2. The second-order valence-electron chi connectivity index (χ2n) is 8.84. The molecule has 1 fully saturated rings. The fraction of sp³-hybridized carbons (Fsp3) is 0.519. The van der Waals surface area contributed by atoms with E-state index in [1.807, 2.05) is 18.2 Å². The van der Waals surface area contributed by atoms with Gasteiger partial charge < -0.3 is 14.4 Å². The van der Waals surface area contributed by atoms with Crippen molar-refractivity contribution in [1.82, 2.24) is 4.90 Å². The van der Waals surface area contributed by atoms with E-state index in [1.54, 1.807) is 0 Å². The van der Waals surface area contributed by atoms with Crippen molar-refractivity contribution in [1.29, 1.82) is 0 Å². The van der Waals surface area contributed by atoms with E-state index in [-0.39, 0.29) is 5.78 Å². The number of fused-ring (bicyclic) bond motifs is 1. The van der Waals surface area contributed by atoms with Crippen LogP contribution in [0.3, 0.4) is 0 Å². The van der Waals surface area contributed by atoms with Gasteiger partial charge in [0.15, 0.2) is 17.3 Å². The average Bonchev–Trinajstić information content (AvgIpc) is 2.85. The summed E-state index contributed by atoms with van der Waals surface area (Å²) in [5, 5.41) is 0. The Morgan fingerprint density at radius 1 is 0.875 bits per heavy atom. The van der Waals surface area contributed by atoms with Crippen LogP contribution in [0.1, 0.15) is 54.9 Å². The third-order valence-corrected chi connectivity index (χ3v) is 6.49. The van der Waals surface area contributed by atoms with E-state index in [9.17, 15) is 4.79 Å². The molecule has 0 saturated carbocycles. The van der Waals surface area contributed by atoms with Crippen molar-refractivity contribution >= 4 is 11.5 Å². The van der Waals surface area contributed by atoms with Gasteiger partial charge in [-0.2, -0.15) is 0 Å². The highest BCUT2D eigenvalue weighted by molar-refractivity contribution is 5.96. The summed E-state index contributed by atoms with van der Waals surface area (Å²) in [6.45, 7) is 8.75. The Balaban J connectivity index is 1.14. The Morgan fingerprint density at radius 3 is 2.38 bits per heavy atom. The van der Waals surface area contributed by atoms with Gasteiger partial charge in [-0.3, -0.25) is 9.69 Å². The minimum Gasteiger partial charge on any atom is -0.486 e. The quantitative estimate of drug-likeness (QED) is 0.388. The molecule has 0 unspecified atom stereocenters. The number of piperazine rings is 1. The minimum absolute atomic E-state index is 0.189. The largest absolute Gasteiger partial charge is 0.486 e. The molecule has 0 aromatic heterocycles. The maximum Gasteiger partial charge on any atom is 0.163 e. The standard InChI is InChI=1S/C27H36N2O3/c1-2-3-6-22-8-11-24(12-9-22)29-17-15-28(16-18-29)14-5-4-7-25(30)23-10-13-26-27(21-23)32-20-19-31-26/h8-13,21H,2-7,14-20H2,1H3. The number of benzene rings is 2. The van der Waals surface area contributed by atoms with Crippen LogP contribution in [0.2, 0.25) is 0 Å². The summed E-state index contributed by atoms with van der Waals surface area (Å²) < 4.78 is 11.1. The number of hydrogen-bond donors (Lipinski definition) is 0. The van der Waals surface area contributed by atoms with Crippen molar-refractivity contribution in [2.45, 2.75) is 45.4 Å². The summed E-state index contributed by atoms with van der Waals surface area (Å²) in [6, 6.07) is 14.7. The molecular formula is C27H36N2O3. The molecule has 5 heteroatoms. The van der Waals surface area contributed by atoms with Crippen molar-refractivity contribution in [2.75, 3.05) is 50.8 Å². The van der Waals surface area contributed by atoms with Crippen molar-refractivity contribution in [3.05, 3.63) is 53.6 Å².